The number of halogens is 2. The first-order chi connectivity index (χ1) is 17.7. The van der Waals surface area contributed by atoms with Gasteiger partial charge in [0.05, 0.1) is 12.5 Å². The number of amides is 2. The van der Waals surface area contributed by atoms with Crippen molar-refractivity contribution in [3.05, 3.63) is 69.2 Å². The van der Waals surface area contributed by atoms with Gasteiger partial charge in [0.25, 0.3) is 11.8 Å². The molecule has 0 aromatic heterocycles. The molecule has 1 aliphatic carbocycles. The van der Waals surface area contributed by atoms with E-state index in [-0.39, 0.29) is 36.9 Å². The van der Waals surface area contributed by atoms with E-state index in [4.69, 9.17) is 28.3 Å². The van der Waals surface area contributed by atoms with Gasteiger partial charge in [0.2, 0.25) is 0 Å². The summed E-state index contributed by atoms with van der Waals surface area (Å²) in [5, 5.41) is 12.3. The summed E-state index contributed by atoms with van der Waals surface area (Å²) in [5.41, 5.74) is 2.26. The molecule has 0 bridgehead atoms. The van der Waals surface area contributed by atoms with E-state index < -0.39 is 5.97 Å². The quantitative estimate of drug-likeness (QED) is 0.342. The van der Waals surface area contributed by atoms with E-state index in [1.165, 1.54) is 0 Å². The summed E-state index contributed by atoms with van der Waals surface area (Å²) < 4.78 is 0. The second-order valence-electron chi connectivity index (χ2n) is 9.21. The molecule has 1 fully saturated rings. The van der Waals surface area contributed by atoms with E-state index in [9.17, 15) is 14.4 Å². The maximum absolute atomic E-state index is 14.1. The van der Waals surface area contributed by atoms with Crippen LogP contribution in [0.2, 0.25) is 10.0 Å². The van der Waals surface area contributed by atoms with Crippen LogP contribution in [-0.4, -0.2) is 53.1 Å². The smallest absolute Gasteiger partial charge is 0.305 e. The molecule has 2 amide bonds. The highest BCUT2D eigenvalue weighted by Gasteiger charge is 2.35. The van der Waals surface area contributed by atoms with Crippen LogP contribution < -0.4 is 5.32 Å². The number of carboxylic acids is 1. The van der Waals surface area contributed by atoms with Crippen molar-refractivity contribution in [1.82, 2.24) is 10.2 Å². The Morgan fingerprint density at radius 3 is 2.22 bits per heavy atom. The molecule has 198 valence electrons. The molecular weight excluding hydrogens is 513 g/mol. The van der Waals surface area contributed by atoms with Crippen molar-refractivity contribution in [2.45, 2.75) is 64.0 Å². The summed E-state index contributed by atoms with van der Waals surface area (Å²) in [5.74, 6) is -1.46. The number of nitrogens with zero attached hydrogens (tertiary/aromatic N) is 2. The van der Waals surface area contributed by atoms with E-state index in [1.54, 1.807) is 37.4 Å². The van der Waals surface area contributed by atoms with Gasteiger partial charge in [-0.2, -0.15) is 0 Å². The molecule has 2 aromatic carbocycles. The second-order valence-corrected chi connectivity index (χ2v) is 10.1. The molecule has 2 N–H and O–H groups in total. The normalized spacial score (nSPS) is 14.9. The minimum Gasteiger partial charge on any atom is -0.481 e. The molecule has 1 unspecified atom stereocenters. The van der Waals surface area contributed by atoms with Gasteiger partial charge in [-0.1, -0.05) is 61.5 Å². The fourth-order valence-electron chi connectivity index (χ4n) is 4.89. The number of rotatable bonds is 11. The van der Waals surface area contributed by atoms with Gasteiger partial charge in [-0.15, -0.1) is 0 Å². The van der Waals surface area contributed by atoms with Gasteiger partial charge in [-0.25, -0.2) is 0 Å². The van der Waals surface area contributed by atoms with Gasteiger partial charge < -0.3 is 15.3 Å². The summed E-state index contributed by atoms with van der Waals surface area (Å²) in [6.45, 7) is 2.14. The predicted octanol–water partition coefficient (Wildman–Crippen LogP) is 5.93. The Hall–Kier alpha value is -2.90. The highest BCUT2D eigenvalue weighted by atomic mass is 35.5. The molecule has 3 rings (SSSR count). The van der Waals surface area contributed by atoms with Crippen molar-refractivity contribution in [3.8, 4) is 0 Å². The molecule has 0 saturated heterocycles. The Kier molecular flexibility index (Phi) is 10.5. The SMILES string of the molecule is CCCC(c1ccc(C(=O)NCCC(=O)O)cc1)N(C(=O)C(=NC)c1cc(Cl)cc(Cl)c1)C1CCCC1. The van der Waals surface area contributed by atoms with Gasteiger partial charge in [0.1, 0.15) is 5.71 Å². The van der Waals surface area contributed by atoms with E-state index in [0.29, 0.717) is 26.9 Å². The molecule has 2 aromatic rings. The van der Waals surface area contributed by atoms with Crippen LogP contribution in [0.15, 0.2) is 47.5 Å². The third-order valence-corrected chi connectivity index (χ3v) is 7.03. The number of benzene rings is 2. The second kappa shape index (κ2) is 13.6. The molecule has 9 heteroatoms. The summed E-state index contributed by atoms with van der Waals surface area (Å²) in [6, 6.07) is 12.1. The average Bonchev–Trinajstić information content (AvgIpc) is 3.38. The number of carbonyl (C=O) groups is 3. The highest BCUT2D eigenvalue weighted by Crippen LogP contribution is 2.35. The first-order valence-electron chi connectivity index (χ1n) is 12.6. The number of carbonyl (C=O) groups excluding carboxylic acids is 2. The fourth-order valence-corrected chi connectivity index (χ4v) is 5.41. The number of aliphatic imine (C=N–C) groups is 1. The van der Waals surface area contributed by atoms with E-state index in [0.717, 1.165) is 44.1 Å². The highest BCUT2D eigenvalue weighted by molar-refractivity contribution is 6.46. The third kappa shape index (κ3) is 7.55. The number of hydrogen-bond acceptors (Lipinski definition) is 4. The topological polar surface area (TPSA) is 99.1 Å². The Balaban J connectivity index is 1.93. The largest absolute Gasteiger partial charge is 0.481 e. The molecule has 37 heavy (non-hydrogen) atoms. The van der Waals surface area contributed by atoms with Crippen molar-refractivity contribution in [3.63, 3.8) is 0 Å². The monoisotopic (exact) mass is 545 g/mol. The molecule has 0 heterocycles. The maximum Gasteiger partial charge on any atom is 0.305 e. The molecule has 0 radical (unpaired) electrons. The minimum absolute atomic E-state index is 0.0605. The average molecular weight is 546 g/mol. The van der Waals surface area contributed by atoms with Gasteiger partial charge in [0.15, 0.2) is 0 Å². The summed E-state index contributed by atoms with van der Waals surface area (Å²) >= 11 is 12.5. The Labute approximate surface area is 227 Å². The first-order valence-corrected chi connectivity index (χ1v) is 13.4. The van der Waals surface area contributed by atoms with Crippen molar-refractivity contribution in [2.75, 3.05) is 13.6 Å². The van der Waals surface area contributed by atoms with Crippen LogP contribution in [0.1, 0.15) is 79.4 Å². The standard InChI is InChI=1S/C28H33Cl2N3O4/c1-3-6-24(18-9-11-19(12-10-18)27(36)32-14-13-25(34)35)33(23-7-4-5-8-23)28(37)26(31-2)20-15-21(29)17-22(30)16-20/h9-12,15-17,23-24H,3-8,13-14H2,1-2H3,(H,32,36)(H,34,35). The van der Waals surface area contributed by atoms with Crippen LogP contribution in [0.25, 0.3) is 0 Å². The minimum atomic E-state index is -0.968. The molecule has 0 spiro atoms. The van der Waals surface area contributed by atoms with Gasteiger partial charge >= 0.3 is 5.97 Å². The van der Waals surface area contributed by atoms with E-state index in [2.05, 4.69) is 17.2 Å². The van der Waals surface area contributed by atoms with Crippen LogP contribution in [0.5, 0.6) is 0 Å². The van der Waals surface area contributed by atoms with Crippen molar-refractivity contribution < 1.29 is 19.5 Å². The van der Waals surface area contributed by atoms with Gasteiger partial charge in [-0.05, 0) is 55.2 Å². The number of hydrogen-bond donors (Lipinski definition) is 2. The van der Waals surface area contributed by atoms with Crippen molar-refractivity contribution in [2.24, 2.45) is 4.99 Å². The first kappa shape index (κ1) is 28.7. The molecule has 7 nitrogen and oxygen atoms in total. The molecule has 1 saturated carbocycles. The third-order valence-electron chi connectivity index (χ3n) is 6.59. The lowest BCUT2D eigenvalue weighted by molar-refractivity contribution is -0.136. The maximum atomic E-state index is 14.1. The molecule has 1 aliphatic rings. The molecular formula is C28H33Cl2N3O4. The van der Waals surface area contributed by atoms with Gasteiger partial charge in [-0.3, -0.25) is 19.4 Å². The Bertz CT molecular complexity index is 1120. The van der Waals surface area contributed by atoms with Crippen LogP contribution in [-0.2, 0) is 9.59 Å². The predicted molar refractivity (Wildman–Crippen MR) is 147 cm³/mol. The van der Waals surface area contributed by atoms with Crippen LogP contribution in [0, 0.1) is 0 Å². The number of carboxylic acid groups (broad SMARTS) is 1. The van der Waals surface area contributed by atoms with Gasteiger partial charge in [0, 0.05) is 40.8 Å². The van der Waals surface area contributed by atoms with Crippen molar-refractivity contribution >= 4 is 46.7 Å². The van der Waals surface area contributed by atoms with Crippen LogP contribution >= 0.6 is 23.2 Å². The lowest BCUT2D eigenvalue weighted by Crippen LogP contribution is -2.45. The summed E-state index contributed by atoms with van der Waals surface area (Å²) in [7, 11) is 1.60. The molecule has 0 aliphatic heterocycles. The number of aliphatic carboxylic acids is 1. The number of nitrogens with one attached hydrogen (secondary N) is 1. The molecule has 1 atom stereocenters. The van der Waals surface area contributed by atoms with Crippen LogP contribution in [0.3, 0.4) is 0 Å². The Morgan fingerprint density at radius 2 is 1.68 bits per heavy atom. The van der Waals surface area contributed by atoms with E-state index >= 15 is 0 Å². The summed E-state index contributed by atoms with van der Waals surface area (Å²) in [4.78, 5) is 43.6. The van der Waals surface area contributed by atoms with E-state index in [1.807, 2.05) is 17.0 Å². The lowest BCUT2D eigenvalue weighted by atomic mass is 9.95. The Morgan fingerprint density at radius 1 is 1.05 bits per heavy atom. The van der Waals surface area contributed by atoms with Crippen LogP contribution in [0.4, 0.5) is 0 Å². The summed E-state index contributed by atoms with van der Waals surface area (Å²) in [6.07, 6.45) is 5.43. The fraction of sp³-hybridized carbons (Fsp3) is 0.429. The lowest BCUT2D eigenvalue weighted by Gasteiger charge is -2.37. The zero-order valence-electron chi connectivity index (χ0n) is 21.2. The zero-order chi connectivity index (χ0) is 26.9. The van der Waals surface area contributed by atoms with Crippen molar-refractivity contribution in [1.29, 1.82) is 0 Å². The zero-order valence-corrected chi connectivity index (χ0v) is 22.7.